The summed E-state index contributed by atoms with van der Waals surface area (Å²) in [4.78, 5) is 0. The van der Waals surface area contributed by atoms with Crippen LogP contribution in [0.15, 0.2) is 48.5 Å². The maximum absolute atomic E-state index is 13.1. The third-order valence-electron chi connectivity index (χ3n) is 2.00. The van der Waals surface area contributed by atoms with Gasteiger partial charge in [-0.3, -0.25) is 4.39 Å². The molecular weight excluding hydrogens is 295 g/mol. The van der Waals surface area contributed by atoms with Crippen molar-refractivity contribution in [3.05, 3.63) is 66.0 Å². The Morgan fingerprint density at radius 2 is 1.76 bits per heavy atom. The van der Waals surface area contributed by atoms with Crippen LogP contribution in [0.3, 0.4) is 0 Å². The van der Waals surface area contributed by atoms with Gasteiger partial charge in [-0.2, -0.15) is 12.1 Å². The van der Waals surface area contributed by atoms with Crippen LogP contribution in [-0.4, -0.2) is 23.1 Å². The Labute approximate surface area is 127 Å². The maximum Gasteiger partial charge on any atom is 2.00 e. The molecule has 2 aromatic rings. The molecule has 0 spiro atoms. The summed E-state index contributed by atoms with van der Waals surface area (Å²) in [5, 5.41) is 0. The van der Waals surface area contributed by atoms with Gasteiger partial charge in [-0.25, -0.2) is 0 Å². The molecule has 0 aliphatic heterocycles. The molecule has 0 N–H and O–H groups in total. The molecule has 0 aliphatic rings. The molecule has 1 nitrogen and oxygen atoms in total. The van der Waals surface area contributed by atoms with Gasteiger partial charge >= 0.3 is 23.1 Å². The SMILES string of the molecule is Fc1ccc[c-]c1OCc1ccccc1.[Br-].[Mg+2]. The van der Waals surface area contributed by atoms with Crippen LogP contribution in [0.5, 0.6) is 5.75 Å². The first kappa shape index (κ1) is 16.4. The first-order valence-electron chi connectivity index (χ1n) is 4.69. The smallest absolute Gasteiger partial charge is 1.00 e. The second kappa shape index (κ2) is 8.50. The van der Waals surface area contributed by atoms with Crippen molar-refractivity contribution in [1.29, 1.82) is 0 Å². The fraction of sp³-hybridized carbons (Fsp3) is 0.0769. The molecule has 0 aliphatic carbocycles. The molecule has 17 heavy (non-hydrogen) atoms. The minimum absolute atomic E-state index is 0. The van der Waals surface area contributed by atoms with E-state index in [1.807, 2.05) is 30.3 Å². The van der Waals surface area contributed by atoms with Crippen molar-refractivity contribution >= 4 is 23.1 Å². The van der Waals surface area contributed by atoms with Crippen LogP contribution in [0.4, 0.5) is 4.39 Å². The molecule has 2 rings (SSSR count). The van der Waals surface area contributed by atoms with Gasteiger partial charge in [0.2, 0.25) is 0 Å². The fourth-order valence-electron chi connectivity index (χ4n) is 1.24. The predicted octanol–water partition coefficient (Wildman–Crippen LogP) is -0.172. The van der Waals surface area contributed by atoms with Crippen molar-refractivity contribution in [3.8, 4) is 5.75 Å². The van der Waals surface area contributed by atoms with E-state index in [2.05, 4.69) is 6.07 Å². The van der Waals surface area contributed by atoms with Crippen molar-refractivity contribution in [3.63, 3.8) is 0 Å². The van der Waals surface area contributed by atoms with E-state index >= 15 is 0 Å². The van der Waals surface area contributed by atoms with Crippen molar-refractivity contribution in [1.82, 2.24) is 0 Å². The molecule has 0 amide bonds. The summed E-state index contributed by atoms with van der Waals surface area (Å²) >= 11 is 0. The van der Waals surface area contributed by atoms with E-state index in [-0.39, 0.29) is 51.6 Å². The molecule has 84 valence electrons. The summed E-state index contributed by atoms with van der Waals surface area (Å²) in [5.74, 6) is -0.213. The van der Waals surface area contributed by atoms with E-state index in [1.165, 1.54) is 6.07 Å². The van der Waals surface area contributed by atoms with Crippen molar-refractivity contribution in [2.24, 2.45) is 0 Å². The Bertz CT molecular complexity index is 436. The van der Waals surface area contributed by atoms with Crippen molar-refractivity contribution < 1.29 is 26.1 Å². The molecule has 2 aromatic carbocycles. The average Bonchev–Trinajstić information content (AvgIpc) is 2.29. The van der Waals surface area contributed by atoms with Gasteiger partial charge in [-0.15, -0.1) is 12.1 Å². The third-order valence-corrected chi connectivity index (χ3v) is 2.00. The fourth-order valence-corrected chi connectivity index (χ4v) is 1.24. The van der Waals surface area contributed by atoms with E-state index < -0.39 is 0 Å². The van der Waals surface area contributed by atoms with Gasteiger partial charge < -0.3 is 21.7 Å². The van der Waals surface area contributed by atoms with Gasteiger partial charge in [-0.1, -0.05) is 30.3 Å². The molecular formula is C13H10BrFMgO. The third kappa shape index (κ3) is 5.06. The molecule has 0 heterocycles. The number of hydrogen-bond acceptors (Lipinski definition) is 1. The van der Waals surface area contributed by atoms with Crippen LogP contribution in [0.2, 0.25) is 0 Å². The second-order valence-electron chi connectivity index (χ2n) is 3.12. The Morgan fingerprint density at radius 3 is 2.41 bits per heavy atom. The molecule has 0 saturated heterocycles. The predicted molar refractivity (Wildman–Crippen MR) is 61.8 cm³/mol. The van der Waals surface area contributed by atoms with E-state index in [1.54, 1.807) is 12.1 Å². The topological polar surface area (TPSA) is 9.23 Å². The summed E-state index contributed by atoms with van der Waals surface area (Å²) in [7, 11) is 0. The zero-order valence-corrected chi connectivity index (χ0v) is 12.2. The number of ether oxygens (including phenoxy) is 1. The van der Waals surface area contributed by atoms with Crippen LogP contribution in [-0.2, 0) is 6.61 Å². The van der Waals surface area contributed by atoms with E-state index in [9.17, 15) is 4.39 Å². The van der Waals surface area contributed by atoms with Crippen LogP contribution in [0, 0.1) is 11.9 Å². The normalized spacial score (nSPS) is 8.76. The second-order valence-corrected chi connectivity index (χ2v) is 3.12. The van der Waals surface area contributed by atoms with E-state index in [4.69, 9.17) is 4.74 Å². The van der Waals surface area contributed by atoms with Crippen LogP contribution < -0.4 is 21.7 Å². The molecule has 0 aromatic heterocycles. The number of para-hydroxylation sites is 1. The minimum Gasteiger partial charge on any atom is -1.00 e. The van der Waals surface area contributed by atoms with Gasteiger partial charge in [-0.05, 0) is 5.56 Å². The first-order chi connectivity index (χ1) is 7.36. The zero-order chi connectivity index (χ0) is 10.5. The minimum atomic E-state index is -0.381. The monoisotopic (exact) mass is 304 g/mol. The number of benzene rings is 2. The molecule has 4 heteroatoms. The van der Waals surface area contributed by atoms with Crippen LogP contribution in [0.1, 0.15) is 5.56 Å². The van der Waals surface area contributed by atoms with Gasteiger partial charge in [0.25, 0.3) is 0 Å². The molecule has 0 fully saturated rings. The number of halogens is 2. The number of rotatable bonds is 3. The standard InChI is InChI=1S/C13H10FO.BrH.Mg/c14-12-8-4-5-9-13(12)15-10-11-6-2-1-3-7-11;;/h1-8H,10H2;1H;/q-1;;+2/p-1. The summed E-state index contributed by atoms with van der Waals surface area (Å²) in [6.45, 7) is 0.359. The van der Waals surface area contributed by atoms with E-state index in [0.29, 0.717) is 6.61 Å². The maximum atomic E-state index is 13.1. The number of hydrogen-bond donors (Lipinski definition) is 0. The Balaban J connectivity index is 0.00000128. The summed E-state index contributed by atoms with van der Waals surface area (Å²) in [6.07, 6.45) is 0. The molecule has 0 unspecified atom stereocenters. The van der Waals surface area contributed by atoms with Crippen molar-refractivity contribution in [2.75, 3.05) is 0 Å². The quantitative estimate of drug-likeness (QED) is 0.565. The van der Waals surface area contributed by atoms with Crippen LogP contribution >= 0.6 is 0 Å². The largest absolute Gasteiger partial charge is 2.00 e. The van der Waals surface area contributed by atoms with Gasteiger partial charge in [0.15, 0.2) is 0 Å². The summed E-state index contributed by atoms with van der Waals surface area (Å²) in [6, 6.07) is 16.9. The van der Waals surface area contributed by atoms with Gasteiger partial charge in [0.1, 0.15) is 6.61 Å². The van der Waals surface area contributed by atoms with E-state index in [0.717, 1.165) is 5.56 Å². The van der Waals surface area contributed by atoms with Crippen molar-refractivity contribution in [2.45, 2.75) is 6.61 Å². The molecule has 0 atom stereocenters. The zero-order valence-electron chi connectivity index (χ0n) is 9.20. The molecule has 0 radical (unpaired) electrons. The molecule has 0 bridgehead atoms. The Kier molecular flexibility index (Phi) is 8.21. The summed E-state index contributed by atoms with van der Waals surface area (Å²) < 4.78 is 18.4. The van der Waals surface area contributed by atoms with Crippen LogP contribution in [0.25, 0.3) is 0 Å². The average molecular weight is 305 g/mol. The van der Waals surface area contributed by atoms with Gasteiger partial charge in [0, 0.05) is 11.6 Å². The summed E-state index contributed by atoms with van der Waals surface area (Å²) in [5.41, 5.74) is 1.01. The molecule has 0 saturated carbocycles. The Hall–Kier alpha value is -0.584. The Morgan fingerprint density at radius 1 is 1.06 bits per heavy atom. The van der Waals surface area contributed by atoms with Gasteiger partial charge in [0.05, 0.1) is 0 Å². The first-order valence-corrected chi connectivity index (χ1v) is 4.69.